The van der Waals surface area contributed by atoms with E-state index < -0.39 is 5.60 Å². The van der Waals surface area contributed by atoms with Crippen molar-refractivity contribution in [3.05, 3.63) is 35.9 Å². The average molecular weight is 277 g/mol. The maximum Gasteiger partial charge on any atom is 0.0701 e. The Morgan fingerprint density at radius 3 is 2.63 bits per heavy atom. The van der Waals surface area contributed by atoms with Crippen molar-refractivity contribution in [2.75, 3.05) is 0 Å². The molecule has 0 saturated heterocycles. The van der Waals surface area contributed by atoms with E-state index in [-0.39, 0.29) is 4.87 Å². The quantitative estimate of drug-likeness (QED) is 0.815. The lowest BCUT2D eigenvalue weighted by molar-refractivity contribution is -0.163. The van der Waals surface area contributed by atoms with E-state index in [1.807, 2.05) is 0 Å². The van der Waals surface area contributed by atoms with Crippen LogP contribution in [0.1, 0.15) is 37.7 Å². The molecule has 5 rings (SSSR count). The van der Waals surface area contributed by atoms with Crippen LogP contribution in [0.25, 0.3) is 0 Å². The minimum absolute atomic E-state index is 0.0895. The van der Waals surface area contributed by atoms with Crippen molar-refractivity contribution in [1.29, 1.82) is 0 Å². The summed E-state index contributed by atoms with van der Waals surface area (Å²) in [7, 11) is 0. The van der Waals surface area contributed by atoms with Crippen molar-refractivity contribution < 1.29 is 5.11 Å². The van der Waals surface area contributed by atoms with E-state index in [1.165, 1.54) is 12.0 Å². The number of rotatable bonds is 2. The van der Waals surface area contributed by atoms with Gasteiger partial charge in [0.2, 0.25) is 0 Å². The number of halogens is 1. The number of hydrogen-bond donors (Lipinski definition) is 1. The second-order valence-corrected chi connectivity index (χ2v) is 8.00. The van der Waals surface area contributed by atoms with Gasteiger partial charge in [0.25, 0.3) is 0 Å². The Balaban J connectivity index is 1.63. The molecular formula is C17H21ClO. The highest BCUT2D eigenvalue weighted by atomic mass is 35.5. The minimum atomic E-state index is -0.498. The highest BCUT2D eigenvalue weighted by Crippen LogP contribution is 2.62. The van der Waals surface area contributed by atoms with Crippen LogP contribution in [0, 0.1) is 17.8 Å². The molecule has 0 unspecified atom stereocenters. The summed E-state index contributed by atoms with van der Waals surface area (Å²) in [6, 6.07) is 10.6. The van der Waals surface area contributed by atoms with Crippen LogP contribution in [0.15, 0.2) is 30.3 Å². The number of alkyl halides is 1. The first-order valence-electron chi connectivity index (χ1n) is 7.52. The Labute approximate surface area is 120 Å². The van der Waals surface area contributed by atoms with Gasteiger partial charge in [0, 0.05) is 4.87 Å². The van der Waals surface area contributed by atoms with E-state index in [0.717, 1.165) is 32.1 Å². The predicted octanol–water partition coefficient (Wildman–Crippen LogP) is 3.78. The standard InChI is InChI=1S/C17H21ClO/c18-16-8-13-6-14(10-16)15(17(19,9-13)11-16)7-12-4-2-1-3-5-12/h1-5,13-15,19H,6-11H2/t13-,14+,15-,16+,17+/m1/s1. The number of aliphatic hydroxyl groups is 1. The fraction of sp³-hybridized carbons (Fsp3) is 0.647. The van der Waals surface area contributed by atoms with E-state index >= 15 is 0 Å². The molecular weight excluding hydrogens is 256 g/mol. The Bertz CT molecular complexity index is 487. The van der Waals surface area contributed by atoms with E-state index in [4.69, 9.17) is 11.6 Å². The third kappa shape index (κ3) is 1.94. The van der Waals surface area contributed by atoms with Crippen LogP contribution in [0.3, 0.4) is 0 Å². The molecule has 4 saturated carbocycles. The fourth-order valence-corrected chi connectivity index (χ4v) is 5.99. The van der Waals surface area contributed by atoms with Crippen LogP contribution in [0.4, 0.5) is 0 Å². The molecule has 5 atom stereocenters. The Hall–Kier alpha value is -0.530. The molecule has 4 fully saturated rings. The van der Waals surface area contributed by atoms with Gasteiger partial charge in [-0.1, -0.05) is 30.3 Å². The van der Waals surface area contributed by atoms with E-state index in [1.54, 1.807) is 0 Å². The van der Waals surface area contributed by atoms with Gasteiger partial charge in [-0.05, 0) is 61.8 Å². The fourth-order valence-electron chi connectivity index (χ4n) is 5.34. The molecule has 0 spiro atoms. The molecule has 0 heterocycles. The smallest absolute Gasteiger partial charge is 0.0701 e. The van der Waals surface area contributed by atoms with Gasteiger partial charge in [-0.2, -0.15) is 0 Å². The van der Waals surface area contributed by atoms with Crippen molar-refractivity contribution in [2.45, 2.75) is 49.0 Å². The summed E-state index contributed by atoms with van der Waals surface area (Å²) in [5.74, 6) is 1.71. The van der Waals surface area contributed by atoms with E-state index in [0.29, 0.717) is 17.8 Å². The maximum atomic E-state index is 11.1. The Morgan fingerprint density at radius 1 is 1.16 bits per heavy atom. The van der Waals surface area contributed by atoms with Gasteiger partial charge >= 0.3 is 0 Å². The van der Waals surface area contributed by atoms with E-state index in [9.17, 15) is 5.11 Å². The second kappa shape index (κ2) is 3.99. The van der Waals surface area contributed by atoms with Gasteiger partial charge < -0.3 is 5.11 Å². The van der Waals surface area contributed by atoms with Gasteiger partial charge in [0.15, 0.2) is 0 Å². The number of hydrogen-bond acceptors (Lipinski definition) is 1. The summed E-state index contributed by atoms with van der Waals surface area (Å²) in [4.78, 5) is -0.0895. The van der Waals surface area contributed by atoms with Crippen molar-refractivity contribution in [3.8, 4) is 0 Å². The highest BCUT2D eigenvalue weighted by molar-refractivity contribution is 6.24. The molecule has 1 aromatic rings. The van der Waals surface area contributed by atoms with Gasteiger partial charge in [0.1, 0.15) is 0 Å². The predicted molar refractivity (Wildman–Crippen MR) is 77.2 cm³/mol. The lowest BCUT2D eigenvalue weighted by Crippen LogP contribution is -2.62. The monoisotopic (exact) mass is 276 g/mol. The molecule has 0 aliphatic heterocycles. The first-order chi connectivity index (χ1) is 9.06. The molecule has 102 valence electrons. The molecule has 4 bridgehead atoms. The molecule has 1 aromatic carbocycles. The molecule has 0 radical (unpaired) electrons. The molecule has 19 heavy (non-hydrogen) atoms. The van der Waals surface area contributed by atoms with Crippen molar-refractivity contribution in [1.82, 2.24) is 0 Å². The van der Waals surface area contributed by atoms with Crippen LogP contribution < -0.4 is 0 Å². The SMILES string of the molecule is O[C@@]12C[C@@H]3C[C@@H](C[C@@](Cl)(C3)C1)[C@H]2Cc1ccccc1. The summed E-state index contributed by atoms with van der Waals surface area (Å²) in [5, 5.41) is 11.1. The van der Waals surface area contributed by atoms with Gasteiger partial charge in [0.05, 0.1) is 5.60 Å². The normalized spacial score (nSPS) is 47.6. The number of benzene rings is 1. The second-order valence-electron chi connectivity index (χ2n) is 7.20. The highest BCUT2D eigenvalue weighted by Gasteiger charge is 2.61. The lowest BCUT2D eigenvalue weighted by atomic mass is 9.48. The third-order valence-corrected chi connectivity index (χ3v) is 6.18. The zero-order valence-electron chi connectivity index (χ0n) is 11.2. The molecule has 1 N–H and O–H groups in total. The van der Waals surface area contributed by atoms with Crippen LogP contribution >= 0.6 is 11.6 Å². The summed E-state index contributed by atoms with van der Waals surface area (Å²) in [6.45, 7) is 0. The first kappa shape index (κ1) is 12.2. The largest absolute Gasteiger partial charge is 0.390 e. The molecule has 0 amide bonds. The van der Waals surface area contributed by atoms with Crippen LogP contribution in [0.2, 0.25) is 0 Å². The molecule has 4 aliphatic rings. The Morgan fingerprint density at radius 2 is 1.95 bits per heavy atom. The van der Waals surface area contributed by atoms with Gasteiger partial charge in [-0.25, -0.2) is 0 Å². The topological polar surface area (TPSA) is 20.2 Å². The van der Waals surface area contributed by atoms with Crippen molar-refractivity contribution in [3.63, 3.8) is 0 Å². The average Bonchev–Trinajstić information content (AvgIpc) is 2.32. The summed E-state index contributed by atoms with van der Waals surface area (Å²) in [6.07, 6.45) is 6.34. The molecule has 1 nitrogen and oxygen atoms in total. The zero-order chi connectivity index (χ0) is 13.1. The first-order valence-corrected chi connectivity index (χ1v) is 7.89. The third-order valence-electron chi connectivity index (χ3n) is 5.74. The van der Waals surface area contributed by atoms with Gasteiger partial charge in [-0.3, -0.25) is 0 Å². The molecule has 4 aliphatic carbocycles. The van der Waals surface area contributed by atoms with E-state index in [2.05, 4.69) is 30.3 Å². The summed E-state index contributed by atoms with van der Waals surface area (Å²) < 4.78 is 0. The summed E-state index contributed by atoms with van der Waals surface area (Å²) in [5.41, 5.74) is 0.860. The lowest BCUT2D eigenvalue weighted by Gasteiger charge is -2.62. The van der Waals surface area contributed by atoms with Crippen molar-refractivity contribution >= 4 is 11.6 Å². The van der Waals surface area contributed by atoms with Gasteiger partial charge in [-0.15, -0.1) is 11.6 Å². The van der Waals surface area contributed by atoms with Crippen LogP contribution in [-0.4, -0.2) is 15.6 Å². The van der Waals surface area contributed by atoms with Crippen LogP contribution in [-0.2, 0) is 6.42 Å². The minimum Gasteiger partial charge on any atom is -0.390 e. The maximum absolute atomic E-state index is 11.1. The summed E-state index contributed by atoms with van der Waals surface area (Å²) >= 11 is 6.73. The molecule has 2 heteroatoms. The zero-order valence-corrected chi connectivity index (χ0v) is 11.9. The van der Waals surface area contributed by atoms with Crippen LogP contribution in [0.5, 0.6) is 0 Å². The Kier molecular flexibility index (Phi) is 2.57. The van der Waals surface area contributed by atoms with Crippen molar-refractivity contribution in [2.24, 2.45) is 17.8 Å². The molecule has 0 aromatic heterocycles.